The minimum absolute atomic E-state index is 0.0917. The van der Waals surface area contributed by atoms with Crippen LogP contribution in [0.15, 0.2) is 12.1 Å². The SMILES string of the molecule is CCCCCOc1nc(CC)c(-c2ccc(OC(C)C)nc2CC)nc1NC. The molecule has 0 aliphatic heterocycles. The number of anilines is 1. The second-order valence-corrected chi connectivity index (χ2v) is 7.00. The van der Waals surface area contributed by atoms with Crippen LogP contribution in [-0.2, 0) is 12.8 Å². The van der Waals surface area contributed by atoms with Gasteiger partial charge in [-0.15, -0.1) is 0 Å². The first-order valence-electron chi connectivity index (χ1n) is 10.4. The fourth-order valence-electron chi connectivity index (χ4n) is 2.97. The molecule has 6 nitrogen and oxygen atoms in total. The largest absolute Gasteiger partial charge is 0.475 e. The molecule has 0 aliphatic rings. The molecule has 28 heavy (non-hydrogen) atoms. The predicted octanol–water partition coefficient (Wildman–Crippen LogP) is 5.06. The molecule has 0 fully saturated rings. The lowest BCUT2D eigenvalue weighted by molar-refractivity contribution is 0.232. The van der Waals surface area contributed by atoms with Gasteiger partial charge < -0.3 is 14.8 Å². The molecule has 0 saturated carbocycles. The molecule has 0 aliphatic carbocycles. The lowest BCUT2D eigenvalue weighted by Gasteiger charge is -2.16. The van der Waals surface area contributed by atoms with Crippen molar-refractivity contribution in [1.82, 2.24) is 15.0 Å². The van der Waals surface area contributed by atoms with Crippen molar-refractivity contribution in [2.75, 3.05) is 19.0 Å². The van der Waals surface area contributed by atoms with Gasteiger partial charge in [0.25, 0.3) is 5.88 Å². The summed E-state index contributed by atoms with van der Waals surface area (Å²) in [6, 6.07) is 3.94. The molecule has 2 aromatic heterocycles. The first kappa shape index (κ1) is 21.9. The van der Waals surface area contributed by atoms with Crippen LogP contribution < -0.4 is 14.8 Å². The number of rotatable bonds is 11. The van der Waals surface area contributed by atoms with Gasteiger partial charge in [-0.05, 0) is 39.2 Å². The van der Waals surface area contributed by atoms with Gasteiger partial charge in [-0.25, -0.2) is 15.0 Å². The average Bonchev–Trinajstić information content (AvgIpc) is 2.70. The quantitative estimate of drug-likeness (QED) is 0.544. The number of aryl methyl sites for hydroxylation is 2. The Balaban J connectivity index is 2.41. The second kappa shape index (κ2) is 10.8. The van der Waals surface area contributed by atoms with Crippen LogP contribution in [0.4, 0.5) is 5.82 Å². The molecule has 2 aromatic rings. The molecular weight excluding hydrogens is 352 g/mol. The zero-order chi connectivity index (χ0) is 20.5. The Labute approximate surface area is 169 Å². The zero-order valence-electron chi connectivity index (χ0n) is 18.1. The van der Waals surface area contributed by atoms with E-state index in [9.17, 15) is 0 Å². The zero-order valence-corrected chi connectivity index (χ0v) is 18.1. The maximum Gasteiger partial charge on any atom is 0.257 e. The summed E-state index contributed by atoms with van der Waals surface area (Å²) in [5, 5.41) is 3.13. The van der Waals surface area contributed by atoms with Crippen molar-refractivity contribution in [1.29, 1.82) is 0 Å². The summed E-state index contributed by atoms with van der Waals surface area (Å²) < 4.78 is 11.7. The number of pyridine rings is 1. The molecule has 2 rings (SSSR count). The third-order valence-electron chi connectivity index (χ3n) is 4.39. The molecule has 0 amide bonds. The van der Waals surface area contributed by atoms with Gasteiger partial charge in [-0.2, -0.15) is 0 Å². The molecule has 0 radical (unpaired) electrons. The van der Waals surface area contributed by atoms with Crippen molar-refractivity contribution in [3.05, 3.63) is 23.5 Å². The van der Waals surface area contributed by atoms with Crippen LogP contribution >= 0.6 is 0 Å². The van der Waals surface area contributed by atoms with E-state index in [0.29, 0.717) is 24.2 Å². The number of nitrogens with zero attached hydrogens (tertiary/aromatic N) is 3. The predicted molar refractivity (Wildman–Crippen MR) is 114 cm³/mol. The van der Waals surface area contributed by atoms with Gasteiger partial charge in [-0.1, -0.05) is 33.6 Å². The maximum absolute atomic E-state index is 5.91. The van der Waals surface area contributed by atoms with Gasteiger partial charge in [-0.3, -0.25) is 0 Å². The van der Waals surface area contributed by atoms with Crippen molar-refractivity contribution in [2.24, 2.45) is 0 Å². The van der Waals surface area contributed by atoms with Crippen molar-refractivity contribution in [2.45, 2.75) is 72.8 Å². The van der Waals surface area contributed by atoms with Crippen LogP contribution in [0.3, 0.4) is 0 Å². The summed E-state index contributed by atoms with van der Waals surface area (Å²) in [6.07, 6.45) is 4.98. The standard InChI is InChI=1S/C22H34N4O2/c1-7-10-11-14-27-22-21(23-6)26-20(18(9-3)25-22)16-12-13-19(28-15(4)5)24-17(16)8-2/h12-13,15H,7-11,14H2,1-6H3,(H,23,26). The summed E-state index contributed by atoms with van der Waals surface area (Å²) in [5.41, 5.74) is 3.73. The van der Waals surface area contributed by atoms with E-state index in [4.69, 9.17) is 19.4 Å². The van der Waals surface area contributed by atoms with Crippen LogP contribution in [0, 0.1) is 0 Å². The average molecular weight is 387 g/mol. The first-order valence-corrected chi connectivity index (χ1v) is 10.4. The first-order chi connectivity index (χ1) is 13.5. The lowest BCUT2D eigenvalue weighted by atomic mass is 10.0. The summed E-state index contributed by atoms with van der Waals surface area (Å²) in [5.74, 6) is 1.88. The molecule has 0 bridgehead atoms. The fourth-order valence-corrected chi connectivity index (χ4v) is 2.97. The fraction of sp³-hybridized carbons (Fsp3) is 0.591. The van der Waals surface area contributed by atoms with Crippen LogP contribution in [0.5, 0.6) is 11.8 Å². The van der Waals surface area contributed by atoms with Gasteiger partial charge >= 0.3 is 0 Å². The van der Waals surface area contributed by atoms with E-state index in [1.54, 1.807) is 0 Å². The third-order valence-corrected chi connectivity index (χ3v) is 4.39. The molecule has 0 atom stereocenters. The van der Waals surface area contributed by atoms with E-state index in [2.05, 4.69) is 31.1 Å². The highest BCUT2D eigenvalue weighted by Crippen LogP contribution is 2.31. The number of aromatic nitrogens is 3. The number of nitrogens with one attached hydrogen (secondary N) is 1. The highest BCUT2D eigenvalue weighted by molar-refractivity contribution is 5.68. The second-order valence-electron chi connectivity index (χ2n) is 7.00. The van der Waals surface area contributed by atoms with Gasteiger partial charge in [0.2, 0.25) is 5.88 Å². The molecular formula is C22H34N4O2. The van der Waals surface area contributed by atoms with E-state index in [-0.39, 0.29) is 6.10 Å². The topological polar surface area (TPSA) is 69.2 Å². The Morgan fingerprint density at radius 2 is 1.71 bits per heavy atom. The molecule has 2 heterocycles. The number of unbranched alkanes of at least 4 members (excludes halogenated alkanes) is 2. The molecule has 0 saturated heterocycles. The van der Waals surface area contributed by atoms with Crippen molar-refractivity contribution in [3.63, 3.8) is 0 Å². The Morgan fingerprint density at radius 3 is 2.32 bits per heavy atom. The molecule has 1 N–H and O–H groups in total. The summed E-state index contributed by atoms with van der Waals surface area (Å²) in [4.78, 5) is 14.3. The van der Waals surface area contributed by atoms with E-state index in [1.807, 2.05) is 33.0 Å². The molecule has 6 heteroatoms. The van der Waals surface area contributed by atoms with E-state index < -0.39 is 0 Å². The van der Waals surface area contributed by atoms with Gasteiger partial charge in [0.1, 0.15) is 0 Å². The van der Waals surface area contributed by atoms with Crippen molar-refractivity contribution < 1.29 is 9.47 Å². The summed E-state index contributed by atoms with van der Waals surface area (Å²) in [7, 11) is 1.84. The van der Waals surface area contributed by atoms with Crippen LogP contribution in [0.2, 0.25) is 0 Å². The third kappa shape index (κ3) is 5.57. The normalized spacial score (nSPS) is 11.0. The van der Waals surface area contributed by atoms with Crippen LogP contribution in [-0.4, -0.2) is 34.7 Å². The van der Waals surface area contributed by atoms with Crippen LogP contribution in [0.25, 0.3) is 11.3 Å². The number of hydrogen-bond donors (Lipinski definition) is 1. The highest BCUT2D eigenvalue weighted by atomic mass is 16.5. The van der Waals surface area contributed by atoms with Crippen molar-refractivity contribution in [3.8, 4) is 23.0 Å². The lowest BCUT2D eigenvalue weighted by Crippen LogP contribution is -2.10. The Hall–Kier alpha value is -2.37. The van der Waals surface area contributed by atoms with Gasteiger partial charge in [0.15, 0.2) is 5.82 Å². The Kier molecular flexibility index (Phi) is 8.48. The molecule has 0 aromatic carbocycles. The highest BCUT2D eigenvalue weighted by Gasteiger charge is 2.18. The summed E-state index contributed by atoms with van der Waals surface area (Å²) >= 11 is 0. The van der Waals surface area contributed by atoms with Crippen LogP contribution in [0.1, 0.15) is 65.3 Å². The Morgan fingerprint density at radius 1 is 0.964 bits per heavy atom. The number of hydrogen-bond acceptors (Lipinski definition) is 6. The monoisotopic (exact) mass is 386 g/mol. The van der Waals surface area contributed by atoms with E-state index >= 15 is 0 Å². The van der Waals surface area contributed by atoms with E-state index in [0.717, 1.165) is 54.7 Å². The van der Waals surface area contributed by atoms with Crippen molar-refractivity contribution >= 4 is 5.82 Å². The minimum Gasteiger partial charge on any atom is -0.475 e. The number of ether oxygens (including phenoxy) is 2. The van der Waals surface area contributed by atoms with Gasteiger partial charge in [0, 0.05) is 18.7 Å². The summed E-state index contributed by atoms with van der Waals surface area (Å²) in [6.45, 7) is 11.0. The molecule has 0 unspecified atom stereocenters. The van der Waals surface area contributed by atoms with Gasteiger partial charge in [0.05, 0.1) is 29.8 Å². The Bertz CT molecular complexity index is 762. The molecule has 154 valence electrons. The minimum atomic E-state index is 0.0917. The maximum atomic E-state index is 5.91. The molecule has 0 spiro atoms. The smallest absolute Gasteiger partial charge is 0.257 e. The van der Waals surface area contributed by atoms with E-state index in [1.165, 1.54) is 0 Å².